The van der Waals surface area contributed by atoms with Crippen LogP contribution in [0.25, 0.3) is 0 Å². The zero-order valence-corrected chi connectivity index (χ0v) is 14.2. The Balaban J connectivity index is 1.96. The van der Waals surface area contributed by atoms with Crippen LogP contribution in [0.2, 0.25) is 0 Å². The summed E-state index contributed by atoms with van der Waals surface area (Å²) in [5.41, 5.74) is 0.0770. The fourth-order valence-electron chi connectivity index (χ4n) is 2.89. The van der Waals surface area contributed by atoms with E-state index in [1.165, 1.54) is 22.1 Å². The lowest BCUT2D eigenvalue weighted by Crippen LogP contribution is -2.55. The van der Waals surface area contributed by atoms with Gasteiger partial charge in [0.25, 0.3) is 11.5 Å². The van der Waals surface area contributed by atoms with Crippen molar-refractivity contribution < 1.29 is 9.90 Å². The van der Waals surface area contributed by atoms with Crippen molar-refractivity contribution in [1.82, 2.24) is 19.4 Å². The molecule has 0 unspecified atom stereocenters. The minimum absolute atomic E-state index is 0.161. The number of amides is 1. The van der Waals surface area contributed by atoms with E-state index in [2.05, 4.69) is 9.97 Å². The Morgan fingerprint density at radius 3 is 2.92 bits per heavy atom. The smallest absolute Gasteiger partial charge is 0.328 e. The number of nitrogens with zero attached hydrogens (tertiary/aromatic N) is 3. The maximum Gasteiger partial charge on any atom is 0.328 e. The molecule has 1 fully saturated rings. The highest BCUT2D eigenvalue weighted by molar-refractivity contribution is 7.07. The van der Waals surface area contributed by atoms with E-state index in [1.807, 2.05) is 0 Å². The molecule has 3 heterocycles. The zero-order chi connectivity index (χ0) is 17.5. The third-order valence-corrected chi connectivity index (χ3v) is 5.01. The minimum Gasteiger partial charge on any atom is -0.388 e. The number of aromatic nitrogens is 3. The lowest BCUT2D eigenvalue weighted by atomic mass is 9.88. The molecule has 1 aliphatic heterocycles. The molecule has 9 heteroatoms. The van der Waals surface area contributed by atoms with Crippen molar-refractivity contribution in [3.05, 3.63) is 49.2 Å². The van der Waals surface area contributed by atoms with E-state index >= 15 is 0 Å². The number of aliphatic hydroxyl groups is 1. The van der Waals surface area contributed by atoms with Crippen molar-refractivity contribution in [3.63, 3.8) is 0 Å². The molecule has 0 spiro atoms. The summed E-state index contributed by atoms with van der Waals surface area (Å²) in [6, 6.07) is -0.656. The number of H-pyrrole nitrogens is 1. The van der Waals surface area contributed by atoms with Gasteiger partial charge >= 0.3 is 5.69 Å². The van der Waals surface area contributed by atoms with Crippen LogP contribution in [0.1, 0.15) is 35.4 Å². The van der Waals surface area contributed by atoms with Crippen molar-refractivity contribution in [2.45, 2.75) is 31.9 Å². The minimum atomic E-state index is -1.17. The first kappa shape index (κ1) is 16.6. The number of carbonyl (C=O) groups is 1. The van der Waals surface area contributed by atoms with Gasteiger partial charge in [-0.2, -0.15) is 0 Å². The predicted molar refractivity (Wildman–Crippen MR) is 88.4 cm³/mol. The summed E-state index contributed by atoms with van der Waals surface area (Å²) in [6.07, 6.45) is 1.75. The summed E-state index contributed by atoms with van der Waals surface area (Å²) >= 11 is 1.33. The third kappa shape index (κ3) is 2.92. The second-order valence-corrected chi connectivity index (χ2v) is 6.95. The first-order valence-corrected chi connectivity index (χ1v) is 8.46. The quantitative estimate of drug-likeness (QED) is 0.801. The van der Waals surface area contributed by atoms with E-state index in [1.54, 1.807) is 29.6 Å². The number of hydrogen-bond donors (Lipinski definition) is 2. The van der Waals surface area contributed by atoms with Gasteiger partial charge in [-0.1, -0.05) is 0 Å². The molecule has 1 aliphatic rings. The number of likely N-dealkylation sites (tertiary alicyclic amines) is 1. The van der Waals surface area contributed by atoms with Gasteiger partial charge in [0, 0.05) is 30.2 Å². The van der Waals surface area contributed by atoms with Gasteiger partial charge in [0.2, 0.25) is 0 Å². The number of hydrogen-bond acceptors (Lipinski definition) is 6. The monoisotopic (exact) mass is 350 g/mol. The summed E-state index contributed by atoms with van der Waals surface area (Å²) in [4.78, 5) is 44.1. The van der Waals surface area contributed by atoms with Gasteiger partial charge in [0.15, 0.2) is 0 Å². The fraction of sp³-hybridized carbons (Fsp3) is 0.467. The first-order valence-electron chi connectivity index (χ1n) is 7.51. The normalized spacial score (nSPS) is 24.1. The van der Waals surface area contributed by atoms with E-state index in [0.717, 1.165) is 0 Å². The average molecular weight is 350 g/mol. The van der Waals surface area contributed by atoms with Gasteiger partial charge in [-0.05, 0) is 20.3 Å². The van der Waals surface area contributed by atoms with Gasteiger partial charge in [0.05, 0.1) is 17.2 Å². The summed E-state index contributed by atoms with van der Waals surface area (Å²) < 4.78 is 1.30. The standard InChI is InChI=1S/C15H18N4O4S/c1-9-5-19(14(22)17-12(9)20)11-6-18(4-3-15(11,2)23)13(21)10-7-24-8-16-10/h5,7-8,11,23H,3-4,6H2,1-2H3,(H,17,20,22)/t11-,15-/m1/s1. The number of rotatable bonds is 2. The van der Waals surface area contributed by atoms with Crippen molar-refractivity contribution in [3.8, 4) is 0 Å². The lowest BCUT2D eigenvalue weighted by molar-refractivity contribution is -0.0460. The highest BCUT2D eigenvalue weighted by Gasteiger charge is 2.41. The molecule has 128 valence electrons. The van der Waals surface area contributed by atoms with Gasteiger partial charge in [-0.25, -0.2) is 9.78 Å². The molecule has 2 N–H and O–H groups in total. The number of aryl methyl sites for hydroxylation is 1. The van der Waals surface area contributed by atoms with E-state index in [-0.39, 0.29) is 12.5 Å². The Morgan fingerprint density at radius 2 is 2.25 bits per heavy atom. The predicted octanol–water partition coefficient (Wildman–Crippen LogP) is 0.140. The number of nitrogens with one attached hydrogen (secondary N) is 1. The molecular weight excluding hydrogens is 332 g/mol. The highest BCUT2D eigenvalue weighted by Crippen LogP contribution is 2.31. The molecule has 24 heavy (non-hydrogen) atoms. The van der Waals surface area contributed by atoms with Crippen LogP contribution in [0.5, 0.6) is 0 Å². The number of thiazole rings is 1. The van der Waals surface area contributed by atoms with Crippen molar-refractivity contribution in [1.29, 1.82) is 0 Å². The molecule has 0 bridgehead atoms. The Kier molecular flexibility index (Phi) is 4.14. The Bertz CT molecular complexity index is 868. The van der Waals surface area contributed by atoms with Gasteiger partial charge in [0.1, 0.15) is 5.69 Å². The van der Waals surface area contributed by atoms with Crippen LogP contribution < -0.4 is 11.2 Å². The summed E-state index contributed by atoms with van der Waals surface area (Å²) in [5.74, 6) is -0.231. The van der Waals surface area contributed by atoms with Gasteiger partial charge in [-0.15, -0.1) is 11.3 Å². The van der Waals surface area contributed by atoms with E-state index in [9.17, 15) is 19.5 Å². The summed E-state index contributed by atoms with van der Waals surface area (Å²) in [6.45, 7) is 3.76. The van der Waals surface area contributed by atoms with Crippen LogP contribution in [0.4, 0.5) is 0 Å². The molecule has 1 amide bonds. The molecule has 0 aliphatic carbocycles. The maximum absolute atomic E-state index is 12.5. The molecule has 2 atom stereocenters. The highest BCUT2D eigenvalue weighted by atomic mass is 32.1. The molecule has 0 saturated carbocycles. The number of piperidine rings is 1. The Labute approximate surface area is 141 Å². The lowest BCUT2D eigenvalue weighted by Gasteiger charge is -2.43. The van der Waals surface area contributed by atoms with Crippen LogP contribution >= 0.6 is 11.3 Å². The first-order chi connectivity index (χ1) is 11.3. The Morgan fingerprint density at radius 1 is 1.50 bits per heavy atom. The average Bonchev–Trinajstić information content (AvgIpc) is 3.05. The molecule has 0 radical (unpaired) electrons. The van der Waals surface area contributed by atoms with E-state index < -0.39 is 22.9 Å². The molecule has 0 aromatic carbocycles. The van der Waals surface area contributed by atoms with Crippen molar-refractivity contribution in [2.75, 3.05) is 13.1 Å². The maximum atomic E-state index is 12.5. The topological polar surface area (TPSA) is 108 Å². The summed E-state index contributed by atoms with van der Waals surface area (Å²) in [7, 11) is 0. The molecule has 1 saturated heterocycles. The second kappa shape index (κ2) is 5.99. The van der Waals surface area contributed by atoms with E-state index in [4.69, 9.17) is 0 Å². The van der Waals surface area contributed by atoms with Crippen molar-refractivity contribution in [2.24, 2.45) is 0 Å². The third-order valence-electron chi connectivity index (χ3n) is 4.42. The van der Waals surface area contributed by atoms with Gasteiger partial charge < -0.3 is 10.0 Å². The molecule has 8 nitrogen and oxygen atoms in total. The molecule has 3 rings (SSSR count). The van der Waals surface area contributed by atoms with E-state index in [0.29, 0.717) is 24.2 Å². The van der Waals surface area contributed by atoms with Crippen LogP contribution in [-0.2, 0) is 0 Å². The molecule has 2 aromatic rings. The number of carbonyl (C=O) groups excluding carboxylic acids is 1. The molecular formula is C15H18N4O4S. The van der Waals surface area contributed by atoms with Crippen LogP contribution in [-0.4, -0.2) is 49.1 Å². The Hall–Kier alpha value is -2.26. The molecule has 2 aromatic heterocycles. The van der Waals surface area contributed by atoms with Crippen molar-refractivity contribution >= 4 is 17.2 Å². The number of aromatic amines is 1. The largest absolute Gasteiger partial charge is 0.388 e. The fourth-order valence-corrected chi connectivity index (χ4v) is 3.42. The second-order valence-electron chi connectivity index (χ2n) is 6.23. The van der Waals surface area contributed by atoms with Crippen LogP contribution in [0.3, 0.4) is 0 Å². The van der Waals surface area contributed by atoms with Crippen LogP contribution in [0.15, 0.2) is 26.7 Å². The van der Waals surface area contributed by atoms with Gasteiger partial charge in [-0.3, -0.25) is 19.1 Å². The van der Waals surface area contributed by atoms with Crippen LogP contribution in [0, 0.1) is 6.92 Å². The SMILES string of the molecule is Cc1cn([C@@H]2CN(C(=O)c3cscn3)CC[C@@]2(C)O)c(=O)[nH]c1=O. The zero-order valence-electron chi connectivity index (χ0n) is 13.4. The summed E-state index contributed by atoms with van der Waals surface area (Å²) in [5, 5.41) is 12.4.